The number of hydrogen-bond donors (Lipinski definition) is 1. The topological polar surface area (TPSA) is 96.4 Å². The van der Waals surface area contributed by atoms with Crippen molar-refractivity contribution in [2.24, 2.45) is 5.73 Å². The van der Waals surface area contributed by atoms with Crippen molar-refractivity contribution in [3.8, 4) is 6.07 Å². The van der Waals surface area contributed by atoms with Crippen LogP contribution in [0.2, 0.25) is 5.02 Å². The molecule has 2 aliphatic rings. The largest absolute Gasteiger partial charge is 0.439 e. The molecule has 33 heavy (non-hydrogen) atoms. The Morgan fingerprint density at radius 2 is 1.67 bits per heavy atom. The van der Waals surface area contributed by atoms with E-state index in [0.717, 1.165) is 5.56 Å². The zero-order valence-corrected chi connectivity index (χ0v) is 18.8. The molecule has 0 aromatic heterocycles. The quantitative estimate of drug-likeness (QED) is 0.583. The maximum atomic E-state index is 14.1. The molecule has 0 radical (unpaired) electrons. The molecule has 0 unspecified atom stereocenters. The Bertz CT molecular complexity index is 1470. The summed E-state index contributed by atoms with van der Waals surface area (Å²) >= 11 is 6.47. The summed E-state index contributed by atoms with van der Waals surface area (Å²) in [5.74, 6) is -1.01. The van der Waals surface area contributed by atoms with Crippen LogP contribution in [0.1, 0.15) is 22.6 Å². The Morgan fingerprint density at radius 1 is 1.00 bits per heavy atom. The lowest BCUT2D eigenvalue weighted by molar-refractivity contribution is 0.357. The van der Waals surface area contributed by atoms with E-state index in [9.17, 15) is 13.7 Å². The van der Waals surface area contributed by atoms with Crippen molar-refractivity contribution in [3.63, 3.8) is 0 Å². The van der Waals surface area contributed by atoms with Crippen molar-refractivity contribution in [2.75, 3.05) is 4.31 Å². The number of ether oxygens (including phenoxy) is 1. The van der Waals surface area contributed by atoms with Gasteiger partial charge in [-0.15, -0.1) is 0 Å². The monoisotopic (exact) mass is 475 g/mol. The summed E-state index contributed by atoms with van der Waals surface area (Å²) in [6.07, 6.45) is 0. The molecule has 2 N–H and O–H groups in total. The van der Waals surface area contributed by atoms with Gasteiger partial charge in [-0.25, -0.2) is 8.42 Å². The smallest absolute Gasteiger partial charge is 0.265 e. The molecule has 6 nitrogen and oxygen atoms in total. The molecule has 164 valence electrons. The minimum absolute atomic E-state index is 0.00414. The lowest BCUT2D eigenvalue weighted by Crippen LogP contribution is -2.39. The van der Waals surface area contributed by atoms with E-state index in [1.807, 2.05) is 36.4 Å². The van der Waals surface area contributed by atoms with Gasteiger partial charge in [0.1, 0.15) is 16.5 Å². The number of rotatable bonds is 3. The summed E-state index contributed by atoms with van der Waals surface area (Å²) in [7, 11) is -4.13. The first kappa shape index (κ1) is 21.1. The fourth-order valence-corrected chi connectivity index (χ4v) is 6.40. The number of nitrogens with zero attached hydrogens (tertiary/aromatic N) is 2. The van der Waals surface area contributed by atoms with E-state index in [0.29, 0.717) is 21.8 Å². The third kappa shape index (κ3) is 3.35. The van der Waals surface area contributed by atoms with Gasteiger partial charge in [-0.3, -0.25) is 4.31 Å². The van der Waals surface area contributed by atoms with Gasteiger partial charge in [0, 0.05) is 10.6 Å². The number of sulfonamides is 1. The van der Waals surface area contributed by atoms with E-state index in [2.05, 4.69) is 0 Å². The number of nitriles is 1. The van der Waals surface area contributed by atoms with Gasteiger partial charge in [-0.2, -0.15) is 5.26 Å². The van der Waals surface area contributed by atoms with E-state index in [-0.39, 0.29) is 28.7 Å². The number of nitrogens with two attached hydrogens (primary N) is 1. The third-order valence-corrected chi connectivity index (χ3v) is 7.97. The molecule has 0 aliphatic carbocycles. The Balaban J connectivity index is 1.79. The average Bonchev–Trinajstić information content (AvgIpc) is 2.82. The molecule has 0 spiro atoms. The van der Waals surface area contributed by atoms with Crippen LogP contribution in [-0.2, 0) is 21.3 Å². The van der Waals surface area contributed by atoms with Crippen LogP contribution in [-0.4, -0.2) is 8.42 Å². The number of halogens is 1. The highest BCUT2D eigenvalue weighted by Crippen LogP contribution is 2.52. The van der Waals surface area contributed by atoms with Crippen LogP contribution < -0.4 is 10.0 Å². The van der Waals surface area contributed by atoms with Crippen LogP contribution in [0.5, 0.6) is 0 Å². The van der Waals surface area contributed by atoms with Gasteiger partial charge in [0.25, 0.3) is 10.0 Å². The fraction of sp³-hybridized carbons (Fsp3) is 0.0800. The number of hydrogen-bond acceptors (Lipinski definition) is 5. The minimum atomic E-state index is -4.13. The van der Waals surface area contributed by atoms with Gasteiger partial charge in [0.05, 0.1) is 18.2 Å². The van der Waals surface area contributed by atoms with E-state index in [1.165, 1.54) is 4.31 Å². The van der Waals surface area contributed by atoms with E-state index in [4.69, 9.17) is 22.1 Å². The first-order valence-electron chi connectivity index (χ1n) is 10.2. The van der Waals surface area contributed by atoms with Crippen molar-refractivity contribution >= 4 is 33.1 Å². The molecule has 3 aromatic rings. The zero-order valence-electron chi connectivity index (χ0n) is 17.3. The summed E-state index contributed by atoms with van der Waals surface area (Å²) in [5.41, 5.74) is 8.48. The highest BCUT2D eigenvalue weighted by atomic mass is 35.5. The third-order valence-electron chi connectivity index (χ3n) is 5.74. The van der Waals surface area contributed by atoms with Gasteiger partial charge < -0.3 is 10.5 Å². The summed E-state index contributed by atoms with van der Waals surface area (Å²) in [6, 6.07) is 25.3. The number of anilines is 1. The van der Waals surface area contributed by atoms with Gasteiger partial charge in [-0.1, -0.05) is 72.3 Å². The molecule has 1 atom stereocenters. The summed E-state index contributed by atoms with van der Waals surface area (Å²) in [6.45, 7) is 0.118. The number of fused-ring (bicyclic) bond motifs is 2. The van der Waals surface area contributed by atoms with Crippen LogP contribution in [0.4, 0.5) is 5.69 Å². The molecule has 2 heterocycles. The first-order valence-corrected chi connectivity index (χ1v) is 12.0. The average molecular weight is 476 g/mol. The lowest BCUT2D eigenvalue weighted by atomic mass is 9.88. The van der Waals surface area contributed by atoms with Crippen LogP contribution in [0.25, 0.3) is 5.76 Å². The minimum Gasteiger partial charge on any atom is -0.439 e. The zero-order chi connectivity index (χ0) is 23.2. The van der Waals surface area contributed by atoms with Crippen molar-refractivity contribution in [1.29, 1.82) is 5.26 Å². The molecule has 0 saturated carbocycles. The van der Waals surface area contributed by atoms with Gasteiger partial charge in [0.15, 0.2) is 5.76 Å². The van der Waals surface area contributed by atoms with Crippen molar-refractivity contribution in [3.05, 3.63) is 117 Å². The summed E-state index contributed by atoms with van der Waals surface area (Å²) in [5, 5.41) is 10.2. The van der Waals surface area contributed by atoms with Crippen LogP contribution in [0, 0.1) is 11.3 Å². The van der Waals surface area contributed by atoms with Gasteiger partial charge >= 0.3 is 0 Å². The Hall–Kier alpha value is -3.73. The maximum Gasteiger partial charge on any atom is 0.265 e. The van der Waals surface area contributed by atoms with Crippen molar-refractivity contribution in [1.82, 2.24) is 0 Å². The standard InChI is InChI=1S/C25H18ClN3O3S/c26-20-12-6-4-10-17(20)22-19(14-27)25(28)32-23-18-11-5-7-13-21(18)29(33(30,31)24(22)23)15-16-8-2-1-3-9-16/h1-13,22H,15,28H2/t22-/m1/s1. The molecule has 0 saturated heterocycles. The second-order valence-corrected chi connectivity index (χ2v) is 9.89. The van der Waals surface area contributed by atoms with Crippen molar-refractivity contribution < 1.29 is 13.2 Å². The molecule has 5 rings (SSSR count). The molecule has 8 heteroatoms. The van der Waals surface area contributed by atoms with Crippen molar-refractivity contribution in [2.45, 2.75) is 12.5 Å². The molecule has 0 fully saturated rings. The Morgan fingerprint density at radius 3 is 2.39 bits per heavy atom. The summed E-state index contributed by atoms with van der Waals surface area (Å²) in [4.78, 5) is -0.0454. The molecular weight excluding hydrogens is 458 g/mol. The normalized spacial score (nSPS) is 18.8. The molecule has 3 aromatic carbocycles. The predicted octanol–water partition coefficient (Wildman–Crippen LogP) is 4.87. The second kappa shape index (κ2) is 8.00. The number of allylic oxidation sites excluding steroid dienone is 2. The number of benzene rings is 3. The van der Waals surface area contributed by atoms with E-state index >= 15 is 0 Å². The van der Waals surface area contributed by atoms with Crippen LogP contribution in [0.15, 0.2) is 95.2 Å². The van der Waals surface area contributed by atoms with Gasteiger partial charge in [0.2, 0.25) is 5.88 Å². The molecule has 2 aliphatic heterocycles. The summed E-state index contributed by atoms with van der Waals surface area (Å²) < 4.78 is 35.5. The predicted molar refractivity (Wildman–Crippen MR) is 127 cm³/mol. The number of para-hydroxylation sites is 1. The SMILES string of the molecule is N#CC1=C(N)OC2=C([C@@H]1c1ccccc1Cl)S(=O)(=O)N(Cc1ccccc1)c1ccccc12. The lowest BCUT2D eigenvalue weighted by Gasteiger charge is -2.38. The van der Waals surface area contributed by atoms with Crippen LogP contribution in [0.3, 0.4) is 0 Å². The van der Waals surface area contributed by atoms with Gasteiger partial charge in [-0.05, 0) is 29.3 Å². The maximum absolute atomic E-state index is 14.1. The molecule has 0 bridgehead atoms. The molecular formula is C25H18ClN3O3S. The molecule has 0 amide bonds. The Kier molecular flexibility index (Phi) is 5.12. The Labute approximate surface area is 196 Å². The highest BCUT2D eigenvalue weighted by molar-refractivity contribution is 7.96. The van der Waals surface area contributed by atoms with Crippen LogP contribution >= 0.6 is 11.6 Å². The van der Waals surface area contributed by atoms with E-state index in [1.54, 1.807) is 48.5 Å². The first-order chi connectivity index (χ1) is 15.9. The second-order valence-electron chi connectivity index (χ2n) is 7.65. The fourth-order valence-electron chi connectivity index (χ4n) is 4.25. The van der Waals surface area contributed by atoms with E-state index < -0.39 is 15.9 Å². The highest BCUT2D eigenvalue weighted by Gasteiger charge is 2.47.